The summed E-state index contributed by atoms with van der Waals surface area (Å²) in [4.78, 5) is 23.8. The van der Waals surface area contributed by atoms with Crippen LogP contribution in [-0.4, -0.2) is 41.1 Å². The van der Waals surface area contributed by atoms with Gasteiger partial charge in [0.05, 0.1) is 12.7 Å². The van der Waals surface area contributed by atoms with Crippen molar-refractivity contribution in [2.24, 2.45) is 0 Å². The van der Waals surface area contributed by atoms with Crippen LogP contribution < -0.4 is 14.8 Å². The topological polar surface area (TPSA) is 111 Å². The first-order valence-corrected chi connectivity index (χ1v) is 9.47. The fourth-order valence-electron chi connectivity index (χ4n) is 2.07. The molecule has 0 heterocycles. The highest BCUT2D eigenvalue weighted by atomic mass is 35.5. The quantitative estimate of drug-likeness (QED) is 0.673. The van der Waals surface area contributed by atoms with Gasteiger partial charge in [0.2, 0.25) is 10.0 Å². The second-order valence-electron chi connectivity index (χ2n) is 5.20. The molecule has 0 spiro atoms. The number of amides is 1. The van der Waals surface area contributed by atoms with E-state index >= 15 is 0 Å². The van der Waals surface area contributed by atoms with Gasteiger partial charge >= 0.3 is 5.97 Å². The van der Waals surface area contributed by atoms with Crippen LogP contribution in [0.5, 0.6) is 5.75 Å². The molecule has 0 aliphatic heterocycles. The van der Waals surface area contributed by atoms with Gasteiger partial charge in [-0.3, -0.25) is 4.79 Å². The number of ether oxygens (including phenoxy) is 2. The van der Waals surface area contributed by atoms with Gasteiger partial charge in [-0.1, -0.05) is 11.6 Å². The fourth-order valence-corrected chi connectivity index (χ4v) is 3.11. The third-order valence-electron chi connectivity index (χ3n) is 3.42. The lowest BCUT2D eigenvalue weighted by molar-refractivity contribution is -0.119. The standard InChI is InChI=1S/C17H17ClN2O6S/c1-19-27(23,24)15-9-11(3-8-14(15)25-2)17(22)26-10-16(21)20-13-6-4-12(18)5-7-13/h3-9,19H,10H2,1-2H3,(H,20,21). The van der Waals surface area contributed by atoms with E-state index in [0.717, 1.165) is 6.07 Å². The molecule has 1 amide bonds. The van der Waals surface area contributed by atoms with E-state index in [4.69, 9.17) is 21.1 Å². The van der Waals surface area contributed by atoms with Crippen molar-refractivity contribution in [3.8, 4) is 5.75 Å². The first-order valence-electron chi connectivity index (χ1n) is 7.61. The fraction of sp³-hybridized carbons (Fsp3) is 0.176. The highest BCUT2D eigenvalue weighted by Gasteiger charge is 2.21. The number of carbonyl (C=O) groups is 2. The Kier molecular flexibility index (Phi) is 6.78. The summed E-state index contributed by atoms with van der Waals surface area (Å²) in [6.45, 7) is -0.540. The van der Waals surface area contributed by atoms with Crippen molar-refractivity contribution in [2.45, 2.75) is 4.90 Å². The average Bonchev–Trinajstić information content (AvgIpc) is 2.67. The molecule has 0 radical (unpaired) electrons. The summed E-state index contributed by atoms with van der Waals surface area (Å²) in [5.74, 6) is -1.33. The zero-order chi connectivity index (χ0) is 20.0. The van der Waals surface area contributed by atoms with Crippen LogP contribution in [0.25, 0.3) is 0 Å². The molecule has 2 rings (SSSR count). The van der Waals surface area contributed by atoms with Crippen molar-refractivity contribution in [1.29, 1.82) is 0 Å². The number of methoxy groups -OCH3 is 1. The molecule has 0 saturated heterocycles. The van der Waals surface area contributed by atoms with E-state index in [9.17, 15) is 18.0 Å². The molecule has 0 atom stereocenters. The molecule has 0 unspecified atom stereocenters. The Balaban J connectivity index is 2.06. The van der Waals surface area contributed by atoms with Crippen molar-refractivity contribution >= 4 is 39.2 Å². The minimum atomic E-state index is -3.85. The van der Waals surface area contributed by atoms with Crippen molar-refractivity contribution in [3.63, 3.8) is 0 Å². The number of carbonyl (C=O) groups excluding carboxylic acids is 2. The summed E-state index contributed by atoms with van der Waals surface area (Å²) in [6, 6.07) is 10.2. The van der Waals surface area contributed by atoms with E-state index in [0.29, 0.717) is 10.7 Å². The van der Waals surface area contributed by atoms with Gasteiger partial charge in [-0.2, -0.15) is 0 Å². The molecule has 2 aromatic rings. The monoisotopic (exact) mass is 412 g/mol. The van der Waals surface area contributed by atoms with Crippen LogP contribution in [0.3, 0.4) is 0 Å². The minimum absolute atomic E-state index is 0.0380. The lowest BCUT2D eigenvalue weighted by Crippen LogP contribution is -2.22. The predicted octanol–water partition coefficient (Wildman–Crippen LogP) is 2.05. The van der Waals surface area contributed by atoms with E-state index in [2.05, 4.69) is 10.0 Å². The minimum Gasteiger partial charge on any atom is -0.495 e. The first-order chi connectivity index (χ1) is 12.8. The SMILES string of the molecule is CNS(=O)(=O)c1cc(C(=O)OCC(=O)Nc2ccc(Cl)cc2)ccc1OC. The van der Waals surface area contributed by atoms with Crippen LogP contribution >= 0.6 is 11.6 Å². The molecule has 0 saturated carbocycles. The van der Waals surface area contributed by atoms with Crippen molar-refractivity contribution in [3.05, 3.63) is 53.1 Å². The van der Waals surface area contributed by atoms with Crippen LogP contribution in [0.4, 0.5) is 5.69 Å². The average molecular weight is 413 g/mol. The van der Waals surface area contributed by atoms with Gasteiger partial charge in [0.25, 0.3) is 5.91 Å². The molecule has 10 heteroatoms. The molecule has 0 aromatic heterocycles. The first kappa shape index (κ1) is 20.7. The Morgan fingerprint density at radius 1 is 1.11 bits per heavy atom. The van der Waals surface area contributed by atoms with E-state index in [-0.39, 0.29) is 16.2 Å². The van der Waals surface area contributed by atoms with Gasteiger partial charge in [-0.05, 0) is 49.5 Å². The van der Waals surface area contributed by atoms with Gasteiger partial charge in [0.1, 0.15) is 10.6 Å². The molecular weight excluding hydrogens is 396 g/mol. The largest absolute Gasteiger partial charge is 0.495 e. The number of halogens is 1. The maximum atomic E-state index is 12.1. The zero-order valence-corrected chi connectivity index (χ0v) is 16.1. The molecule has 144 valence electrons. The smallest absolute Gasteiger partial charge is 0.338 e. The summed E-state index contributed by atoms with van der Waals surface area (Å²) in [7, 11) is -1.30. The van der Waals surface area contributed by atoms with Crippen molar-refractivity contribution in [2.75, 3.05) is 26.1 Å². The van der Waals surface area contributed by atoms with Crippen LogP contribution in [0.1, 0.15) is 10.4 Å². The van der Waals surface area contributed by atoms with Gasteiger partial charge in [-0.15, -0.1) is 0 Å². The molecule has 0 bridgehead atoms. The third-order valence-corrected chi connectivity index (χ3v) is 5.11. The number of benzene rings is 2. The third kappa shape index (κ3) is 5.43. The van der Waals surface area contributed by atoms with E-state index in [1.807, 2.05) is 0 Å². The van der Waals surface area contributed by atoms with Gasteiger partial charge in [0, 0.05) is 10.7 Å². The maximum Gasteiger partial charge on any atom is 0.338 e. The Morgan fingerprint density at radius 2 is 1.78 bits per heavy atom. The molecule has 2 N–H and O–H groups in total. The number of hydrogen-bond donors (Lipinski definition) is 2. The normalized spacial score (nSPS) is 10.9. The van der Waals surface area contributed by atoms with Crippen molar-refractivity contribution in [1.82, 2.24) is 4.72 Å². The molecule has 0 aliphatic rings. The highest BCUT2D eigenvalue weighted by Crippen LogP contribution is 2.25. The van der Waals surface area contributed by atoms with Crippen LogP contribution in [-0.2, 0) is 19.6 Å². The summed E-state index contributed by atoms with van der Waals surface area (Å²) in [5, 5.41) is 3.06. The predicted molar refractivity (Wildman–Crippen MR) is 99.6 cm³/mol. The number of sulfonamides is 1. The lowest BCUT2D eigenvalue weighted by Gasteiger charge is -2.11. The molecule has 2 aromatic carbocycles. The second-order valence-corrected chi connectivity index (χ2v) is 7.50. The highest BCUT2D eigenvalue weighted by molar-refractivity contribution is 7.89. The Hall–Kier alpha value is -2.62. The number of esters is 1. The van der Waals surface area contributed by atoms with Crippen LogP contribution in [0, 0.1) is 0 Å². The summed E-state index contributed by atoms with van der Waals surface area (Å²) < 4.78 is 36.1. The molecular formula is C17H17ClN2O6S. The molecule has 0 aliphatic carbocycles. The van der Waals surface area contributed by atoms with Crippen LogP contribution in [0.2, 0.25) is 5.02 Å². The summed E-state index contributed by atoms with van der Waals surface area (Å²) in [5.41, 5.74) is 0.455. The van der Waals surface area contributed by atoms with Gasteiger partial charge in [-0.25, -0.2) is 17.9 Å². The van der Waals surface area contributed by atoms with Gasteiger partial charge in [0.15, 0.2) is 6.61 Å². The molecule has 8 nitrogen and oxygen atoms in total. The lowest BCUT2D eigenvalue weighted by atomic mass is 10.2. The van der Waals surface area contributed by atoms with E-state index in [1.54, 1.807) is 24.3 Å². The molecule has 27 heavy (non-hydrogen) atoms. The Morgan fingerprint density at radius 3 is 2.37 bits per heavy atom. The zero-order valence-electron chi connectivity index (χ0n) is 14.5. The van der Waals surface area contributed by atoms with E-state index in [1.165, 1.54) is 26.3 Å². The second kappa shape index (κ2) is 8.85. The Labute approximate surface area is 161 Å². The summed E-state index contributed by atoms with van der Waals surface area (Å²) >= 11 is 5.76. The molecule has 0 fully saturated rings. The van der Waals surface area contributed by atoms with E-state index < -0.39 is 28.5 Å². The van der Waals surface area contributed by atoms with Gasteiger partial charge < -0.3 is 14.8 Å². The number of anilines is 1. The van der Waals surface area contributed by atoms with Crippen molar-refractivity contribution < 1.29 is 27.5 Å². The number of nitrogens with one attached hydrogen (secondary N) is 2. The maximum absolute atomic E-state index is 12.1. The van der Waals surface area contributed by atoms with Crippen LogP contribution in [0.15, 0.2) is 47.4 Å². The number of rotatable bonds is 7. The Bertz CT molecular complexity index is 944. The summed E-state index contributed by atoms with van der Waals surface area (Å²) in [6.07, 6.45) is 0. The number of hydrogen-bond acceptors (Lipinski definition) is 6.